The monoisotopic (exact) mass is 346 g/mol. The summed E-state index contributed by atoms with van der Waals surface area (Å²) in [5, 5.41) is 0.877. The van der Waals surface area contributed by atoms with Crippen LogP contribution in [0.1, 0.15) is 17.5 Å². The van der Waals surface area contributed by atoms with E-state index in [2.05, 4.69) is 15.9 Å². The third-order valence-electron chi connectivity index (χ3n) is 2.09. The van der Waals surface area contributed by atoms with Crippen LogP contribution in [0.2, 0.25) is 0 Å². The molecule has 0 saturated carbocycles. The molecular weight excluding hydrogens is 337 g/mol. The molecule has 1 rings (SSSR count). The van der Waals surface area contributed by atoms with Crippen LogP contribution in [0.15, 0.2) is 23.1 Å². The summed E-state index contributed by atoms with van der Waals surface area (Å²) in [6, 6.07) is 4.98. The zero-order valence-electron chi connectivity index (χ0n) is 8.86. The molecule has 0 fully saturated rings. The molecule has 1 aromatic carbocycles. The van der Waals surface area contributed by atoms with Crippen LogP contribution in [0.4, 0.5) is 13.2 Å². The molecule has 0 aliphatic heterocycles. The smallest absolute Gasteiger partial charge is 0.160 e. The summed E-state index contributed by atoms with van der Waals surface area (Å²) in [5.41, 5.74) is -2.70. The number of hydrogen-bond acceptors (Lipinski definition) is 1. The van der Waals surface area contributed by atoms with Gasteiger partial charge in [-0.05, 0) is 41.8 Å². The first-order valence-corrected chi connectivity index (χ1v) is 7.43. The molecule has 0 nitrogen and oxygen atoms in total. The average Bonchev–Trinajstić information content (AvgIpc) is 2.25. The molecule has 0 saturated heterocycles. The number of benzene rings is 1. The van der Waals surface area contributed by atoms with E-state index in [9.17, 15) is 13.2 Å². The summed E-state index contributed by atoms with van der Waals surface area (Å²) in [7, 11) is 0. The van der Waals surface area contributed by atoms with E-state index < -0.39 is 5.51 Å². The Morgan fingerprint density at radius 1 is 1.29 bits per heavy atom. The molecular formula is C11H11BrClF3S. The lowest BCUT2D eigenvalue weighted by Crippen LogP contribution is -2.01. The molecule has 17 heavy (non-hydrogen) atoms. The first kappa shape index (κ1) is 15.2. The van der Waals surface area contributed by atoms with Crippen LogP contribution >= 0.6 is 39.3 Å². The van der Waals surface area contributed by atoms with Crippen molar-refractivity contribution in [2.45, 2.75) is 29.1 Å². The third-order valence-corrected chi connectivity index (χ3v) is 3.79. The van der Waals surface area contributed by atoms with Crippen LogP contribution in [-0.2, 0) is 12.3 Å². The lowest BCUT2D eigenvalue weighted by molar-refractivity contribution is -0.0328. The van der Waals surface area contributed by atoms with Gasteiger partial charge in [-0.25, -0.2) is 0 Å². The number of thioether (sulfide) groups is 1. The standard InChI is InChI=1S/C11H11BrClF3S/c12-5-1-2-8-3-4-10(9(6-8)7-13)17-11(14,15)16/h3-4,6H,1-2,5,7H2. The van der Waals surface area contributed by atoms with Crippen molar-refractivity contribution in [3.8, 4) is 0 Å². The Labute approximate surface area is 116 Å². The molecule has 0 spiro atoms. The van der Waals surface area contributed by atoms with Gasteiger partial charge in [0, 0.05) is 16.1 Å². The summed E-state index contributed by atoms with van der Waals surface area (Å²) < 4.78 is 36.8. The van der Waals surface area contributed by atoms with Crippen molar-refractivity contribution >= 4 is 39.3 Å². The van der Waals surface area contributed by atoms with Crippen LogP contribution in [0.25, 0.3) is 0 Å². The van der Waals surface area contributed by atoms with Gasteiger partial charge in [0.1, 0.15) is 0 Å². The molecule has 0 aliphatic rings. The highest BCUT2D eigenvalue weighted by molar-refractivity contribution is 9.09. The summed E-state index contributed by atoms with van der Waals surface area (Å²) in [4.78, 5) is 0.190. The van der Waals surface area contributed by atoms with Crippen molar-refractivity contribution < 1.29 is 13.2 Å². The van der Waals surface area contributed by atoms with Crippen LogP contribution in [0, 0.1) is 0 Å². The predicted octanol–water partition coefficient (Wildman–Crippen LogP) is 5.36. The molecule has 0 unspecified atom stereocenters. The molecule has 0 amide bonds. The highest BCUT2D eigenvalue weighted by Gasteiger charge is 2.30. The van der Waals surface area contributed by atoms with Crippen molar-refractivity contribution in [3.05, 3.63) is 29.3 Å². The van der Waals surface area contributed by atoms with E-state index in [4.69, 9.17) is 11.6 Å². The van der Waals surface area contributed by atoms with Crippen molar-refractivity contribution in [1.29, 1.82) is 0 Å². The maximum Gasteiger partial charge on any atom is 0.446 e. The number of aryl methyl sites for hydroxylation is 1. The summed E-state index contributed by atoms with van der Waals surface area (Å²) in [5.74, 6) is 0.0978. The number of halogens is 5. The van der Waals surface area contributed by atoms with Gasteiger partial charge in [0.2, 0.25) is 0 Å². The SMILES string of the molecule is FC(F)(F)Sc1ccc(CCCBr)cc1CCl. The second-order valence-electron chi connectivity index (χ2n) is 3.42. The molecule has 96 valence electrons. The quantitative estimate of drug-likeness (QED) is 0.510. The van der Waals surface area contributed by atoms with Crippen LogP contribution in [-0.4, -0.2) is 10.8 Å². The van der Waals surface area contributed by atoms with E-state index in [0.29, 0.717) is 5.56 Å². The zero-order valence-corrected chi connectivity index (χ0v) is 12.0. The lowest BCUT2D eigenvalue weighted by Gasteiger charge is -2.11. The second-order valence-corrected chi connectivity index (χ2v) is 5.58. The molecule has 1 aromatic rings. The molecule has 0 radical (unpaired) electrons. The van der Waals surface area contributed by atoms with Gasteiger partial charge in [0.15, 0.2) is 0 Å². The third kappa shape index (κ3) is 5.53. The van der Waals surface area contributed by atoms with E-state index in [1.807, 2.05) is 0 Å². The van der Waals surface area contributed by atoms with Gasteiger partial charge in [0.25, 0.3) is 0 Å². The highest BCUT2D eigenvalue weighted by Crippen LogP contribution is 2.39. The van der Waals surface area contributed by atoms with Crippen molar-refractivity contribution in [1.82, 2.24) is 0 Å². The Morgan fingerprint density at radius 3 is 2.53 bits per heavy atom. The Bertz CT molecular complexity index is 368. The maximum atomic E-state index is 12.3. The predicted molar refractivity (Wildman–Crippen MR) is 70.0 cm³/mol. The van der Waals surface area contributed by atoms with Gasteiger partial charge in [-0.2, -0.15) is 13.2 Å². The van der Waals surface area contributed by atoms with Crippen LogP contribution in [0.3, 0.4) is 0 Å². The minimum absolute atomic E-state index is 0.0978. The van der Waals surface area contributed by atoms with E-state index in [1.54, 1.807) is 12.1 Å². The maximum absolute atomic E-state index is 12.3. The van der Waals surface area contributed by atoms with Crippen LogP contribution in [0.5, 0.6) is 0 Å². The minimum Gasteiger partial charge on any atom is -0.160 e. The lowest BCUT2D eigenvalue weighted by atomic mass is 10.1. The van der Waals surface area contributed by atoms with E-state index >= 15 is 0 Å². The number of rotatable bonds is 5. The van der Waals surface area contributed by atoms with Crippen molar-refractivity contribution in [2.75, 3.05) is 5.33 Å². The average molecular weight is 348 g/mol. The topological polar surface area (TPSA) is 0 Å². The van der Waals surface area contributed by atoms with Gasteiger partial charge < -0.3 is 0 Å². The van der Waals surface area contributed by atoms with E-state index in [0.717, 1.165) is 23.7 Å². The Morgan fingerprint density at radius 2 is 2.00 bits per heavy atom. The summed E-state index contributed by atoms with van der Waals surface area (Å²) in [6.45, 7) is 0. The van der Waals surface area contributed by atoms with Crippen LogP contribution < -0.4 is 0 Å². The van der Waals surface area contributed by atoms with Gasteiger partial charge >= 0.3 is 5.51 Å². The molecule has 0 bridgehead atoms. The van der Waals surface area contributed by atoms with E-state index in [-0.39, 0.29) is 22.5 Å². The molecule has 0 N–H and O–H groups in total. The first-order chi connectivity index (χ1) is 7.96. The minimum atomic E-state index is -4.27. The number of hydrogen-bond donors (Lipinski definition) is 0. The largest absolute Gasteiger partial charge is 0.446 e. The Kier molecular flexibility index (Phi) is 6.17. The Hall–Kier alpha value is 0.130. The van der Waals surface area contributed by atoms with Crippen molar-refractivity contribution in [3.63, 3.8) is 0 Å². The molecule has 0 aromatic heterocycles. The van der Waals surface area contributed by atoms with Crippen molar-refractivity contribution in [2.24, 2.45) is 0 Å². The first-order valence-electron chi connectivity index (χ1n) is 4.95. The Balaban J connectivity index is 2.85. The molecule has 0 aliphatic carbocycles. The summed E-state index contributed by atoms with van der Waals surface area (Å²) in [6.07, 6.45) is 1.79. The fourth-order valence-corrected chi connectivity index (χ4v) is 2.62. The van der Waals surface area contributed by atoms with Gasteiger partial charge in [-0.15, -0.1) is 11.6 Å². The molecule has 0 heterocycles. The zero-order chi connectivity index (χ0) is 12.9. The van der Waals surface area contributed by atoms with Gasteiger partial charge in [0.05, 0.1) is 0 Å². The van der Waals surface area contributed by atoms with E-state index in [1.165, 1.54) is 6.07 Å². The normalized spacial score (nSPS) is 11.8. The highest BCUT2D eigenvalue weighted by atomic mass is 79.9. The fraction of sp³-hybridized carbons (Fsp3) is 0.455. The number of alkyl halides is 5. The second kappa shape index (κ2) is 6.90. The van der Waals surface area contributed by atoms with Gasteiger partial charge in [-0.3, -0.25) is 0 Å². The fourth-order valence-electron chi connectivity index (χ4n) is 1.39. The van der Waals surface area contributed by atoms with Gasteiger partial charge in [-0.1, -0.05) is 28.1 Å². The summed E-state index contributed by atoms with van der Waals surface area (Å²) >= 11 is 8.89. The molecule has 0 atom stereocenters. The molecule has 6 heteroatoms.